The lowest BCUT2D eigenvalue weighted by Crippen LogP contribution is -2.43. The van der Waals surface area contributed by atoms with Gasteiger partial charge in [-0.05, 0) is 30.7 Å². The number of carbonyl (C=O) groups is 1. The molecule has 0 fully saturated rings. The van der Waals surface area contributed by atoms with Crippen LogP contribution in [0.25, 0.3) is 0 Å². The highest BCUT2D eigenvalue weighted by molar-refractivity contribution is 9.10. The quantitative estimate of drug-likeness (QED) is 0.929. The third-order valence-corrected chi connectivity index (χ3v) is 3.18. The number of aryl methyl sites for hydroxylation is 1. The molecule has 0 saturated heterocycles. The van der Waals surface area contributed by atoms with E-state index in [1.807, 2.05) is 0 Å². The maximum Gasteiger partial charge on any atom is 0.471 e. The van der Waals surface area contributed by atoms with Crippen LogP contribution in [0.4, 0.5) is 18.9 Å². The second-order valence-corrected chi connectivity index (χ2v) is 4.53. The first-order valence-corrected chi connectivity index (χ1v) is 5.91. The summed E-state index contributed by atoms with van der Waals surface area (Å²) in [7, 11) is 0. The van der Waals surface area contributed by atoms with Gasteiger partial charge in [-0.2, -0.15) is 13.2 Å². The van der Waals surface area contributed by atoms with Crippen LogP contribution in [0.1, 0.15) is 5.56 Å². The van der Waals surface area contributed by atoms with E-state index in [9.17, 15) is 18.0 Å². The number of hydrogen-bond acceptors (Lipinski definition) is 2. The summed E-state index contributed by atoms with van der Waals surface area (Å²) in [5, 5.41) is 0. The molecule has 0 heterocycles. The first kappa shape index (κ1) is 15.0. The number of benzene rings is 1. The van der Waals surface area contributed by atoms with E-state index in [1.54, 1.807) is 13.0 Å². The number of carbonyl (C=O) groups excluding carboxylic acids is 1. The highest BCUT2D eigenvalue weighted by Crippen LogP contribution is 2.26. The maximum atomic E-state index is 12.4. The topological polar surface area (TPSA) is 46.3 Å². The van der Waals surface area contributed by atoms with Gasteiger partial charge >= 0.3 is 12.1 Å². The zero-order chi connectivity index (χ0) is 13.9. The van der Waals surface area contributed by atoms with Crippen molar-refractivity contribution in [2.75, 3.05) is 18.0 Å². The van der Waals surface area contributed by atoms with Crippen molar-refractivity contribution >= 4 is 27.5 Å². The fraction of sp³-hybridized carbons (Fsp3) is 0.364. The molecule has 0 aliphatic carbocycles. The van der Waals surface area contributed by atoms with Gasteiger partial charge in [-0.1, -0.05) is 15.9 Å². The lowest BCUT2D eigenvalue weighted by molar-refractivity contribution is -0.170. The molecule has 0 aliphatic heterocycles. The van der Waals surface area contributed by atoms with Crippen molar-refractivity contribution in [2.45, 2.75) is 13.1 Å². The Morgan fingerprint density at radius 3 is 2.50 bits per heavy atom. The van der Waals surface area contributed by atoms with Crippen molar-refractivity contribution in [3.05, 3.63) is 28.2 Å². The SMILES string of the molecule is Cc1cc(N(CCN)C(=O)C(F)(F)F)ccc1Br. The fourth-order valence-corrected chi connectivity index (χ4v) is 1.67. The molecule has 1 rings (SSSR count). The summed E-state index contributed by atoms with van der Waals surface area (Å²) in [4.78, 5) is 11.9. The van der Waals surface area contributed by atoms with Crippen LogP contribution in [-0.4, -0.2) is 25.2 Å². The normalized spacial score (nSPS) is 11.4. The van der Waals surface area contributed by atoms with Crippen molar-refractivity contribution in [3.63, 3.8) is 0 Å². The van der Waals surface area contributed by atoms with Gasteiger partial charge in [0.2, 0.25) is 0 Å². The molecule has 0 saturated carbocycles. The van der Waals surface area contributed by atoms with Crippen LogP contribution >= 0.6 is 15.9 Å². The average Bonchev–Trinajstić information content (AvgIpc) is 2.28. The Kier molecular flexibility index (Phi) is 4.75. The van der Waals surface area contributed by atoms with Gasteiger partial charge in [0, 0.05) is 23.2 Å². The van der Waals surface area contributed by atoms with Crippen LogP contribution in [0.15, 0.2) is 22.7 Å². The Morgan fingerprint density at radius 2 is 2.06 bits per heavy atom. The van der Waals surface area contributed by atoms with Crippen LogP contribution in [0.2, 0.25) is 0 Å². The van der Waals surface area contributed by atoms with Crippen molar-refractivity contribution < 1.29 is 18.0 Å². The highest BCUT2D eigenvalue weighted by atomic mass is 79.9. The number of amides is 1. The molecule has 0 spiro atoms. The molecule has 3 nitrogen and oxygen atoms in total. The predicted molar refractivity (Wildman–Crippen MR) is 66.3 cm³/mol. The lowest BCUT2D eigenvalue weighted by atomic mass is 10.2. The van der Waals surface area contributed by atoms with E-state index in [0.717, 1.165) is 10.0 Å². The molecule has 0 bridgehead atoms. The summed E-state index contributed by atoms with van der Waals surface area (Å²) >= 11 is 3.24. The number of rotatable bonds is 3. The van der Waals surface area contributed by atoms with Crippen LogP contribution in [0, 0.1) is 6.92 Å². The summed E-state index contributed by atoms with van der Waals surface area (Å²) in [6.45, 7) is 1.50. The molecule has 1 aromatic carbocycles. The van der Waals surface area contributed by atoms with Gasteiger partial charge in [0.15, 0.2) is 0 Å². The van der Waals surface area contributed by atoms with Crippen molar-refractivity contribution in [1.82, 2.24) is 0 Å². The molecule has 1 aromatic rings. The van der Waals surface area contributed by atoms with E-state index >= 15 is 0 Å². The number of nitrogens with zero attached hydrogens (tertiary/aromatic N) is 1. The van der Waals surface area contributed by atoms with Crippen LogP contribution < -0.4 is 10.6 Å². The largest absolute Gasteiger partial charge is 0.471 e. The zero-order valence-corrected chi connectivity index (χ0v) is 11.2. The summed E-state index contributed by atoms with van der Waals surface area (Å²) < 4.78 is 38.1. The molecule has 2 N–H and O–H groups in total. The van der Waals surface area contributed by atoms with Gasteiger partial charge in [0.1, 0.15) is 0 Å². The van der Waals surface area contributed by atoms with Crippen LogP contribution in [0.3, 0.4) is 0 Å². The van der Waals surface area contributed by atoms with E-state index in [1.165, 1.54) is 12.1 Å². The zero-order valence-electron chi connectivity index (χ0n) is 9.59. The van der Waals surface area contributed by atoms with E-state index in [-0.39, 0.29) is 18.8 Å². The van der Waals surface area contributed by atoms with Crippen molar-refractivity contribution in [1.29, 1.82) is 0 Å². The fourth-order valence-electron chi connectivity index (χ4n) is 1.43. The first-order valence-electron chi connectivity index (χ1n) is 5.12. The molecule has 18 heavy (non-hydrogen) atoms. The van der Waals surface area contributed by atoms with E-state index in [0.29, 0.717) is 4.90 Å². The highest BCUT2D eigenvalue weighted by Gasteiger charge is 2.42. The molecule has 0 aliphatic rings. The number of nitrogens with two attached hydrogens (primary N) is 1. The Labute approximate surface area is 111 Å². The van der Waals surface area contributed by atoms with Gasteiger partial charge in [-0.15, -0.1) is 0 Å². The van der Waals surface area contributed by atoms with Gasteiger partial charge in [0.05, 0.1) is 0 Å². The van der Waals surface area contributed by atoms with Gasteiger partial charge in [-0.25, -0.2) is 0 Å². The Morgan fingerprint density at radius 1 is 1.44 bits per heavy atom. The van der Waals surface area contributed by atoms with Crippen molar-refractivity contribution in [3.8, 4) is 0 Å². The summed E-state index contributed by atoms with van der Waals surface area (Å²) in [5.41, 5.74) is 6.17. The van der Waals surface area contributed by atoms with Gasteiger partial charge in [0.25, 0.3) is 0 Å². The third-order valence-electron chi connectivity index (χ3n) is 2.29. The van der Waals surface area contributed by atoms with Gasteiger partial charge < -0.3 is 10.6 Å². The summed E-state index contributed by atoms with van der Waals surface area (Å²) in [6, 6.07) is 4.54. The monoisotopic (exact) mass is 324 g/mol. The maximum absolute atomic E-state index is 12.4. The Bertz CT molecular complexity index is 448. The first-order chi connectivity index (χ1) is 8.27. The number of hydrogen-bond donors (Lipinski definition) is 1. The smallest absolute Gasteiger partial charge is 0.329 e. The molecular weight excluding hydrogens is 313 g/mol. The molecule has 1 amide bonds. The molecule has 0 aromatic heterocycles. The predicted octanol–water partition coefficient (Wildman–Crippen LogP) is 2.61. The van der Waals surface area contributed by atoms with Crippen molar-refractivity contribution in [2.24, 2.45) is 5.73 Å². The van der Waals surface area contributed by atoms with Crippen LogP contribution in [-0.2, 0) is 4.79 Å². The molecular formula is C11H12BrF3N2O. The third kappa shape index (κ3) is 3.46. The van der Waals surface area contributed by atoms with Crippen LogP contribution in [0.5, 0.6) is 0 Å². The number of anilines is 1. The lowest BCUT2D eigenvalue weighted by Gasteiger charge is -2.23. The minimum absolute atomic E-state index is 0.0447. The number of alkyl halides is 3. The minimum atomic E-state index is -4.91. The standard InChI is InChI=1S/C11H12BrF3N2O/c1-7-6-8(2-3-9(7)12)17(5-4-16)10(18)11(13,14)15/h2-3,6H,4-5,16H2,1H3. The summed E-state index contributed by atoms with van der Waals surface area (Å²) in [6.07, 6.45) is -4.91. The molecule has 7 heteroatoms. The van der Waals surface area contributed by atoms with Gasteiger partial charge in [-0.3, -0.25) is 4.79 Å². The molecule has 0 radical (unpaired) electrons. The molecule has 100 valence electrons. The van der Waals surface area contributed by atoms with E-state index < -0.39 is 12.1 Å². The Balaban J connectivity index is 3.12. The molecule has 0 unspecified atom stereocenters. The minimum Gasteiger partial charge on any atom is -0.329 e. The second kappa shape index (κ2) is 5.71. The van der Waals surface area contributed by atoms with E-state index in [2.05, 4.69) is 15.9 Å². The Hall–Kier alpha value is -1.08. The molecule has 0 atom stereocenters. The second-order valence-electron chi connectivity index (χ2n) is 3.68. The number of halogens is 4. The van der Waals surface area contributed by atoms with E-state index in [4.69, 9.17) is 5.73 Å². The average molecular weight is 325 g/mol. The summed E-state index contributed by atoms with van der Waals surface area (Å²) in [5.74, 6) is -1.91.